The topological polar surface area (TPSA) is 103 Å². The number of hydrogen-bond donors (Lipinski definition) is 1. The van der Waals surface area contributed by atoms with E-state index in [9.17, 15) is 22.4 Å². The van der Waals surface area contributed by atoms with E-state index in [0.29, 0.717) is 31.9 Å². The van der Waals surface area contributed by atoms with E-state index >= 15 is 0 Å². The number of furan rings is 1. The highest BCUT2D eigenvalue weighted by molar-refractivity contribution is 7.89. The predicted molar refractivity (Wildman–Crippen MR) is 114 cm³/mol. The van der Waals surface area contributed by atoms with Gasteiger partial charge in [-0.1, -0.05) is 6.42 Å². The van der Waals surface area contributed by atoms with E-state index in [-0.39, 0.29) is 35.8 Å². The van der Waals surface area contributed by atoms with E-state index in [1.54, 1.807) is 4.90 Å². The van der Waals surface area contributed by atoms with Crippen LogP contribution in [0, 0.1) is 5.82 Å². The Morgan fingerprint density at radius 3 is 2.12 bits per heavy atom. The maximum absolute atomic E-state index is 13.0. The van der Waals surface area contributed by atoms with Crippen molar-refractivity contribution in [2.45, 2.75) is 24.4 Å². The molecule has 0 atom stereocenters. The maximum Gasteiger partial charge on any atom is 0.321 e. The van der Waals surface area contributed by atoms with Gasteiger partial charge in [-0.2, -0.15) is 4.31 Å². The van der Waals surface area contributed by atoms with Crippen molar-refractivity contribution < 1.29 is 26.8 Å². The Kier molecular flexibility index (Phi) is 6.47. The van der Waals surface area contributed by atoms with Crippen LogP contribution in [-0.4, -0.2) is 73.7 Å². The fraction of sp³-hybridized carbons (Fsp3) is 0.429. The number of piperidine rings is 1. The molecule has 172 valence electrons. The van der Waals surface area contributed by atoms with Gasteiger partial charge in [0.2, 0.25) is 5.09 Å². The molecule has 0 bridgehead atoms. The number of hydrogen-bond acceptors (Lipinski definition) is 5. The smallest absolute Gasteiger partial charge is 0.321 e. The zero-order chi connectivity index (χ0) is 22.7. The molecule has 2 fully saturated rings. The molecule has 4 rings (SSSR count). The van der Waals surface area contributed by atoms with Gasteiger partial charge in [0.15, 0.2) is 5.76 Å². The van der Waals surface area contributed by atoms with Crippen LogP contribution in [0.25, 0.3) is 0 Å². The molecular weight excluding hydrogens is 439 g/mol. The van der Waals surface area contributed by atoms with Crippen LogP contribution in [0.3, 0.4) is 0 Å². The van der Waals surface area contributed by atoms with Gasteiger partial charge in [0.25, 0.3) is 15.9 Å². The van der Waals surface area contributed by atoms with Crippen LogP contribution in [0.5, 0.6) is 0 Å². The number of halogens is 1. The van der Waals surface area contributed by atoms with Gasteiger partial charge in [-0.25, -0.2) is 17.6 Å². The molecule has 2 saturated heterocycles. The Bertz CT molecular complexity index is 1070. The van der Waals surface area contributed by atoms with Crippen LogP contribution in [0.15, 0.2) is 45.9 Å². The second-order valence-corrected chi connectivity index (χ2v) is 9.67. The zero-order valence-corrected chi connectivity index (χ0v) is 18.3. The zero-order valence-electron chi connectivity index (χ0n) is 17.5. The quantitative estimate of drug-likeness (QED) is 0.749. The highest BCUT2D eigenvalue weighted by Crippen LogP contribution is 2.23. The van der Waals surface area contributed by atoms with Crippen LogP contribution >= 0.6 is 0 Å². The minimum absolute atomic E-state index is 0.0372. The molecule has 2 aliphatic rings. The first kappa shape index (κ1) is 22.3. The van der Waals surface area contributed by atoms with Gasteiger partial charge < -0.3 is 19.5 Å². The van der Waals surface area contributed by atoms with Crippen molar-refractivity contribution in [1.29, 1.82) is 0 Å². The molecule has 0 radical (unpaired) electrons. The third-order valence-corrected chi connectivity index (χ3v) is 7.42. The lowest BCUT2D eigenvalue weighted by molar-refractivity contribution is 0.0634. The largest absolute Gasteiger partial charge is 0.438 e. The number of carbonyl (C=O) groups is 2. The monoisotopic (exact) mass is 464 g/mol. The predicted octanol–water partition coefficient (Wildman–Crippen LogP) is 2.58. The summed E-state index contributed by atoms with van der Waals surface area (Å²) in [5, 5.41) is 2.47. The molecule has 1 aromatic carbocycles. The Balaban J connectivity index is 1.33. The number of amides is 3. The van der Waals surface area contributed by atoms with E-state index in [2.05, 4.69) is 5.32 Å². The molecule has 1 aromatic heterocycles. The number of carbonyl (C=O) groups excluding carboxylic acids is 2. The van der Waals surface area contributed by atoms with Crippen molar-refractivity contribution in [3.63, 3.8) is 0 Å². The average molecular weight is 465 g/mol. The minimum Gasteiger partial charge on any atom is -0.438 e. The standard InChI is InChI=1S/C21H25FN4O5S/c22-16-4-6-17(7-5-16)23-21(28)25-14-12-24(13-15-25)20(27)18-8-9-19(31-18)32(29,30)26-10-2-1-3-11-26/h4-9H,1-3,10-15H2,(H,23,28). The number of nitrogens with zero attached hydrogens (tertiary/aromatic N) is 3. The molecule has 0 saturated carbocycles. The average Bonchev–Trinajstić information content (AvgIpc) is 3.32. The summed E-state index contributed by atoms with van der Waals surface area (Å²) < 4.78 is 45.3. The number of sulfonamides is 1. The second kappa shape index (κ2) is 9.29. The van der Waals surface area contributed by atoms with Crippen molar-refractivity contribution in [2.75, 3.05) is 44.6 Å². The van der Waals surface area contributed by atoms with Gasteiger partial charge in [0.05, 0.1) is 0 Å². The Hall–Kier alpha value is -2.92. The number of nitrogens with one attached hydrogen (secondary N) is 1. The molecule has 3 heterocycles. The van der Waals surface area contributed by atoms with E-state index in [1.165, 1.54) is 45.6 Å². The van der Waals surface area contributed by atoms with Crippen molar-refractivity contribution in [2.24, 2.45) is 0 Å². The Morgan fingerprint density at radius 1 is 0.844 bits per heavy atom. The summed E-state index contributed by atoms with van der Waals surface area (Å²) in [5.74, 6) is -0.839. The van der Waals surface area contributed by atoms with E-state index in [4.69, 9.17) is 4.42 Å². The lowest BCUT2D eigenvalue weighted by atomic mass is 10.2. The molecule has 2 aliphatic heterocycles. The first-order valence-corrected chi connectivity index (χ1v) is 12.0. The van der Waals surface area contributed by atoms with Crippen molar-refractivity contribution in [3.8, 4) is 0 Å². The first-order valence-electron chi connectivity index (χ1n) is 10.6. The van der Waals surface area contributed by atoms with Gasteiger partial charge >= 0.3 is 6.03 Å². The molecular formula is C21H25FN4O5S. The van der Waals surface area contributed by atoms with Gasteiger partial charge in [-0.3, -0.25) is 4.79 Å². The minimum atomic E-state index is -3.75. The second-order valence-electron chi connectivity index (χ2n) is 7.80. The summed E-state index contributed by atoms with van der Waals surface area (Å²) in [6, 6.07) is 7.83. The fourth-order valence-electron chi connectivity index (χ4n) is 3.81. The molecule has 0 spiro atoms. The molecule has 32 heavy (non-hydrogen) atoms. The lowest BCUT2D eigenvalue weighted by Crippen LogP contribution is -2.51. The molecule has 9 nitrogen and oxygen atoms in total. The lowest BCUT2D eigenvalue weighted by Gasteiger charge is -2.34. The normalized spacial score (nSPS) is 17.9. The Labute approximate surface area is 185 Å². The molecule has 1 N–H and O–H groups in total. The number of benzene rings is 1. The third-order valence-electron chi connectivity index (χ3n) is 5.65. The summed E-state index contributed by atoms with van der Waals surface area (Å²) in [6.07, 6.45) is 2.62. The summed E-state index contributed by atoms with van der Waals surface area (Å²) in [4.78, 5) is 28.3. The van der Waals surface area contributed by atoms with E-state index in [0.717, 1.165) is 19.3 Å². The highest BCUT2D eigenvalue weighted by Gasteiger charge is 2.31. The van der Waals surface area contributed by atoms with E-state index < -0.39 is 15.9 Å². The molecule has 11 heteroatoms. The number of anilines is 1. The van der Waals surface area contributed by atoms with Gasteiger partial charge in [0.1, 0.15) is 5.82 Å². The molecule has 3 amide bonds. The number of urea groups is 1. The summed E-state index contributed by atoms with van der Waals surface area (Å²) in [6.45, 7) is 2.08. The van der Waals surface area contributed by atoms with Crippen molar-refractivity contribution >= 4 is 27.6 Å². The van der Waals surface area contributed by atoms with Crippen LogP contribution in [0.1, 0.15) is 29.8 Å². The SMILES string of the molecule is O=C(Nc1ccc(F)cc1)N1CCN(C(=O)c2ccc(S(=O)(=O)N3CCCCC3)o2)CC1. The van der Waals surface area contributed by atoms with Crippen LogP contribution in [0.4, 0.5) is 14.9 Å². The molecule has 0 aliphatic carbocycles. The highest BCUT2D eigenvalue weighted by atomic mass is 32.2. The summed E-state index contributed by atoms with van der Waals surface area (Å²) in [7, 11) is -3.75. The number of piperazine rings is 1. The van der Waals surface area contributed by atoms with E-state index in [1.807, 2.05) is 0 Å². The maximum atomic E-state index is 13.0. The molecule has 0 unspecified atom stereocenters. The van der Waals surface area contributed by atoms with Crippen molar-refractivity contribution in [1.82, 2.24) is 14.1 Å². The van der Waals surface area contributed by atoms with Crippen LogP contribution in [-0.2, 0) is 10.0 Å². The number of rotatable bonds is 4. The van der Waals surface area contributed by atoms with Gasteiger partial charge in [0, 0.05) is 45.0 Å². The van der Waals surface area contributed by atoms with Crippen molar-refractivity contribution in [3.05, 3.63) is 48.0 Å². The Morgan fingerprint density at radius 2 is 1.47 bits per heavy atom. The fourth-order valence-corrected chi connectivity index (χ4v) is 5.24. The van der Waals surface area contributed by atoms with Crippen LogP contribution < -0.4 is 5.32 Å². The first-order chi connectivity index (χ1) is 15.3. The molecule has 2 aromatic rings. The van der Waals surface area contributed by atoms with Gasteiger partial charge in [-0.15, -0.1) is 0 Å². The third kappa shape index (κ3) is 4.78. The summed E-state index contributed by atoms with van der Waals surface area (Å²) in [5.41, 5.74) is 0.480. The van der Waals surface area contributed by atoms with Crippen LogP contribution in [0.2, 0.25) is 0 Å². The van der Waals surface area contributed by atoms with Gasteiger partial charge in [-0.05, 0) is 49.2 Å². The summed E-state index contributed by atoms with van der Waals surface area (Å²) >= 11 is 0.